The van der Waals surface area contributed by atoms with Crippen LogP contribution in [0.15, 0.2) is 54.7 Å². The number of benzene rings is 2. The summed E-state index contributed by atoms with van der Waals surface area (Å²) in [6.07, 6.45) is -1.67. The summed E-state index contributed by atoms with van der Waals surface area (Å²) < 4.78 is 38.7. The zero-order valence-corrected chi connectivity index (χ0v) is 16.0. The van der Waals surface area contributed by atoms with Gasteiger partial charge in [-0.15, -0.1) is 0 Å². The van der Waals surface area contributed by atoms with Crippen LogP contribution < -0.4 is 10.2 Å². The maximum atomic E-state index is 12.9. The summed E-state index contributed by atoms with van der Waals surface area (Å²) in [4.78, 5) is 11.2. The summed E-state index contributed by atoms with van der Waals surface area (Å²) in [6.45, 7) is 3.70. The van der Waals surface area contributed by atoms with Crippen molar-refractivity contribution in [3.05, 3.63) is 82.5 Å². The van der Waals surface area contributed by atoms with Crippen molar-refractivity contribution >= 4 is 11.8 Å². The maximum absolute atomic E-state index is 12.9. The van der Waals surface area contributed by atoms with Crippen LogP contribution in [0.25, 0.3) is 0 Å². The van der Waals surface area contributed by atoms with Crippen molar-refractivity contribution in [1.29, 1.82) is 0 Å². The molecule has 3 aromatic rings. The Morgan fingerprint density at radius 1 is 1.07 bits per heavy atom. The summed E-state index contributed by atoms with van der Waals surface area (Å²) in [5.41, 5.74) is 3.36. The Morgan fingerprint density at radius 3 is 2.66 bits per heavy atom. The van der Waals surface area contributed by atoms with Gasteiger partial charge >= 0.3 is 6.18 Å². The van der Waals surface area contributed by atoms with Crippen molar-refractivity contribution < 1.29 is 13.2 Å². The van der Waals surface area contributed by atoms with Gasteiger partial charge in [-0.25, -0.2) is 4.98 Å². The fourth-order valence-electron chi connectivity index (χ4n) is 3.47. The molecule has 2 aromatic carbocycles. The van der Waals surface area contributed by atoms with Gasteiger partial charge in [0.2, 0.25) is 5.95 Å². The highest BCUT2D eigenvalue weighted by Crippen LogP contribution is 2.30. The average molecular weight is 398 g/mol. The van der Waals surface area contributed by atoms with Gasteiger partial charge < -0.3 is 10.2 Å². The fourth-order valence-corrected chi connectivity index (χ4v) is 3.47. The molecule has 7 heteroatoms. The summed E-state index contributed by atoms with van der Waals surface area (Å²) in [7, 11) is 0. The van der Waals surface area contributed by atoms with Crippen LogP contribution in [0, 0.1) is 6.92 Å². The largest absolute Gasteiger partial charge is 0.416 e. The Bertz CT molecular complexity index is 1020. The number of aryl methyl sites for hydroxylation is 1. The van der Waals surface area contributed by atoms with E-state index in [1.807, 2.05) is 19.1 Å². The van der Waals surface area contributed by atoms with Crippen molar-refractivity contribution in [3.63, 3.8) is 0 Å². The van der Waals surface area contributed by atoms with Gasteiger partial charge in [-0.2, -0.15) is 18.2 Å². The van der Waals surface area contributed by atoms with Crippen LogP contribution in [-0.4, -0.2) is 16.5 Å². The first-order chi connectivity index (χ1) is 13.9. The van der Waals surface area contributed by atoms with Gasteiger partial charge in [0.15, 0.2) is 0 Å². The number of anilines is 2. The minimum absolute atomic E-state index is 0.254. The van der Waals surface area contributed by atoms with Gasteiger partial charge in [-0.05, 0) is 42.2 Å². The number of alkyl halides is 3. The molecule has 0 radical (unpaired) electrons. The quantitative estimate of drug-likeness (QED) is 0.673. The first-order valence-electron chi connectivity index (χ1n) is 9.45. The minimum Gasteiger partial charge on any atom is -0.366 e. The topological polar surface area (TPSA) is 41.1 Å². The lowest BCUT2D eigenvalue weighted by molar-refractivity contribution is -0.137. The standard InChI is InChI=1S/C22H21F3N4/c1-15-12-27-21(29-10-9-17-6-2-3-7-18(17)14-29)28-20(15)26-13-16-5-4-8-19(11-16)22(23,24)25/h2-8,11-12H,9-10,13-14H2,1H3,(H,26,27,28). The summed E-state index contributed by atoms with van der Waals surface area (Å²) in [5.74, 6) is 1.25. The molecule has 1 aliphatic rings. The van der Waals surface area contributed by atoms with Crippen molar-refractivity contribution in [2.24, 2.45) is 0 Å². The third-order valence-electron chi connectivity index (χ3n) is 5.09. The molecule has 1 aliphatic heterocycles. The second-order valence-electron chi connectivity index (χ2n) is 7.19. The number of nitrogens with zero attached hydrogens (tertiary/aromatic N) is 3. The van der Waals surface area contributed by atoms with Crippen molar-refractivity contribution in [1.82, 2.24) is 9.97 Å². The monoisotopic (exact) mass is 398 g/mol. The van der Waals surface area contributed by atoms with E-state index in [9.17, 15) is 13.2 Å². The summed E-state index contributed by atoms with van der Waals surface area (Å²) >= 11 is 0. The van der Waals surface area contributed by atoms with E-state index >= 15 is 0 Å². The van der Waals surface area contributed by atoms with Crippen LogP contribution in [0.3, 0.4) is 0 Å². The van der Waals surface area contributed by atoms with E-state index in [2.05, 4.69) is 32.3 Å². The van der Waals surface area contributed by atoms with E-state index in [1.165, 1.54) is 17.2 Å². The third kappa shape index (κ3) is 4.34. The molecule has 2 heterocycles. The molecule has 29 heavy (non-hydrogen) atoms. The van der Waals surface area contributed by atoms with Gasteiger partial charge in [-0.3, -0.25) is 0 Å². The average Bonchev–Trinajstić information content (AvgIpc) is 2.72. The summed E-state index contributed by atoms with van der Waals surface area (Å²) in [5, 5.41) is 3.16. The Hall–Kier alpha value is -3.09. The highest BCUT2D eigenvalue weighted by molar-refractivity contribution is 5.49. The second kappa shape index (κ2) is 7.73. The Kier molecular flexibility index (Phi) is 5.13. The van der Waals surface area contributed by atoms with Gasteiger partial charge in [0.25, 0.3) is 0 Å². The number of hydrogen-bond donors (Lipinski definition) is 1. The molecule has 150 valence electrons. The molecule has 0 spiro atoms. The zero-order valence-electron chi connectivity index (χ0n) is 16.0. The lowest BCUT2D eigenvalue weighted by Crippen LogP contribution is -2.31. The van der Waals surface area contributed by atoms with Gasteiger partial charge in [0, 0.05) is 31.4 Å². The van der Waals surface area contributed by atoms with Crippen LogP contribution in [0.2, 0.25) is 0 Å². The van der Waals surface area contributed by atoms with Crippen molar-refractivity contribution in [2.45, 2.75) is 32.6 Å². The predicted octanol–water partition coefficient (Wildman–Crippen LogP) is 4.98. The Labute approximate surface area is 167 Å². The second-order valence-corrected chi connectivity index (χ2v) is 7.19. The van der Waals surface area contributed by atoms with Gasteiger partial charge in [-0.1, -0.05) is 36.4 Å². The van der Waals surface area contributed by atoms with Crippen LogP contribution in [-0.2, 0) is 25.7 Å². The number of halogens is 3. The molecule has 1 N–H and O–H groups in total. The Morgan fingerprint density at radius 2 is 1.86 bits per heavy atom. The first-order valence-corrected chi connectivity index (χ1v) is 9.45. The molecule has 4 rings (SSSR count). The molecule has 0 fully saturated rings. The van der Waals surface area contributed by atoms with E-state index < -0.39 is 11.7 Å². The Balaban J connectivity index is 1.50. The molecule has 0 atom stereocenters. The van der Waals surface area contributed by atoms with Crippen LogP contribution in [0.4, 0.5) is 24.9 Å². The highest BCUT2D eigenvalue weighted by atomic mass is 19.4. The minimum atomic E-state index is -4.35. The normalized spacial score (nSPS) is 13.9. The lowest BCUT2D eigenvalue weighted by atomic mass is 10.0. The van der Waals surface area contributed by atoms with Crippen LogP contribution >= 0.6 is 0 Å². The van der Waals surface area contributed by atoms with Crippen LogP contribution in [0.1, 0.15) is 27.8 Å². The summed E-state index contributed by atoms with van der Waals surface area (Å²) in [6, 6.07) is 13.7. The molecule has 1 aromatic heterocycles. The van der Waals surface area contributed by atoms with E-state index in [4.69, 9.17) is 0 Å². The molecule has 0 saturated heterocycles. The number of aromatic nitrogens is 2. The molecule has 0 saturated carbocycles. The third-order valence-corrected chi connectivity index (χ3v) is 5.09. The van der Waals surface area contributed by atoms with E-state index in [0.717, 1.165) is 37.2 Å². The molecule has 0 unspecified atom stereocenters. The van der Waals surface area contributed by atoms with E-state index in [-0.39, 0.29) is 6.54 Å². The van der Waals surface area contributed by atoms with Crippen molar-refractivity contribution in [2.75, 3.05) is 16.8 Å². The number of hydrogen-bond acceptors (Lipinski definition) is 4. The molecular weight excluding hydrogens is 377 g/mol. The highest BCUT2D eigenvalue weighted by Gasteiger charge is 2.30. The lowest BCUT2D eigenvalue weighted by Gasteiger charge is -2.29. The smallest absolute Gasteiger partial charge is 0.366 e. The molecular formula is C22H21F3N4. The molecule has 0 amide bonds. The van der Waals surface area contributed by atoms with Gasteiger partial charge in [0.05, 0.1) is 5.56 Å². The predicted molar refractivity (Wildman–Crippen MR) is 107 cm³/mol. The fraction of sp³-hybridized carbons (Fsp3) is 0.273. The van der Waals surface area contributed by atoms with E-state index in [1.54, 1.807) is 12.3 Å². The number of rotatable bonds is 4. The van der Waals surface area contributed by atoms with E-state index in [0.29, 0.717) is 17.3 Å². The molecule has 4 nitrogen and oxygen atoms in total. The molecule has 0 aliphatic carbocycles. The van der Waals surface area contributed by atoms with Gasteiger partial charge in [0.1, 0.15) is 5.82 Å². The molecule has 0 bridgehead atoms. The number of nitrogens with one attached hydrogen (secondary N) is 1. The van der Waals surface area contributed by atoms with Crippen LogP contribution in [0.5, 0.6) is 0 Å². The first kappa shape index (κ1) is 19.2. The SMILES string of the molecule is Cc1cnc(N2CCc3ccccc3C2)nc1NCc1cccc(C(F)(F)F)c1. The maximum Gasteiger partial charge on any atom is 0.416 e. The van der Waals surface area contributed by atoms with Crippen molar-refractivity contribution in [3.8, 4) is 0 Å². The zero-order chi connectivity index (χ0) is 20.4. The number of fused-ring (bicyclic) bond motifs is 1.